The highest BCUT2D eigenvalue weighted by Gasteiger charge is 2.14. The average Bonchev–Trinajstić information content (AvgIpc) is 3.13. The van der Waals surface area contributed by atoms with Crippen LogP contribution in [0.15, 0.2) is 48.7 Å². The fraction of sp³-hybridized carbons (Fsp3) is 0.167. The number of hydrogen-bond acceptors (Lipinski definition) is 3. The van der Waals surface area contributed by atoms with Crippen LogP contribution in [-0.4, -0.2) is 17.3 Å². The summed E-state index contributed by atoms with van der Waals surface area (Å²) in [4.78, 5) is 12.3. The second kappa shape index (κ2) is 5.35. The van der Waals surface area contributed by atoms with Gasteiger partial charge < -0.3 is 19.4 Å². The smallest absolute Gasteiger partial charge is 0.244 e. The Hall–Kier alpha value is -2.95. The molecule has 2 heterocycles. The molecular formula is C18H16N2O3. The van der Waals surface area contributed by atoms with Gasteiger partial charge in [0.1, 0.15) is 6.54 Å². The summed E-state index contributed by atoms with van der Waals surface area (Å²) in [5.41, 5.74) is 2.96. The van der Waals surface area contributed by atoms with Crippen LogP contribution in [0.1, 0.15) is 5.56 Å². The molecule has 0 bridgehead atoms. The molecule has 3 aromatic rings. The fourth-order valence-electron chi connectivity index (χ4n) is 2.79. The van der Waals surface area contributed by atoms with Crippen LogP contribution in [0.25, 0.3) is 10.9 Å². The number of hydrogen-bond donors (Lipinski definition) is 1. The summed E-state index contributed by atoms with van der Waals surface area (Å²) in [6.45, 7) is 2.55. The van der Waals surface area contributed by atoms with Gasteiger partial charge in [-0.2, -0.15) is 0 Å². The largest absolute Gasteiger partial charge is 0.454 e. The SMILES string of the molecule is Cc1ccc2c(ccn2CC(=O)Nc2ccc3c(c2)OCO3)c1. The lowest BCUT2D eigenvalue weighted by molar-refractivity contribution is -0.116. The topological polar surface area (TPSA) is 52.5 Å². The first-order valence-corrected chi connectivity index (χ1v) is 7.44. The summed E-state index contributed by atoms with van der Waals surface area (Å²) in [7, 11) is 0. The van der Waals surface area contributed by atoms with Crippen molar-refractivity contribution >= 4 is 22.5 Å². The van der Waals surface area contributed by atoms with Gasteiger partial charge in [0, 0.05) is 23.5 Å². The van der Waals surface area contributed by atoms with Crippen LogP contribution in [0, 0.1) is 6.92 Å². The van der Waals surface area contributed by atoms with Gasteiger partial charge in [-0.25, -0.2) is 0 Å². The standard InChI is InChI=1S/C18H16N2O3/c1-12-2-4-15-13(8-12)6-7-20(15)10-18(21)19-14-3-5-16-17(9-14)23-11-22-16/h2-9H,10-11H2,1H3,(H,19,21). The molecule has 0 aliphatic carbocycles. The first-order valence-electron chi connectivity index (χ1n) is 7.44. The first-order chi connectivity index (χ1) is 11.2. The Labute approximate surface area is 133 Å². The molecule has 5 nitrogen and oxygen atoms in total. The van der Waals surface area contributed by atoms with E-state index in [2.05, 4.69) is 24.4 Å². The van der Waals surface area contributed by atoms with Gasteiger partial charge >= 0.3 is 0 Å². The minimum absolute atomic E-state index is 0.0815. The second-order valence-corrected chi connectivity index (χ2v) is 5.62. The van der Waals surface area contributed by atoms with Crippen LogP contribution in [0.5, 0.6) is 11.5 Å². The average molecular weight is 308 g/mol. The predicted octanol–water partition coefficient (Wildman–Crippen LogP) is 3.32. The summed E-state index contributed by atoms with van der Waals surface area (Å²) >= 11 is 0. The lowest BCUT2D eigenvalue weighted by Gasteiger charge is -2.08. The first kappa shape index (κ1) is 13.7. The quantitative estimate of drug-likeness (QED) is 0.807. The summed E-state index contributed by atoms with van der Waals surface area (Å²) in [5, 5.41) is 4.03. The number of fused-ring (bicyclic) bond motifs is 2. The van der Waals surface area contributed by atoms with E-state index in [0.29, 0.717) is 17.2 Å². The van der Waals surface area contributed by atoms with Gasteiger partial charge in [-0.1, -0.05) is 11.6 Å². The van der Waals surface area contributed by atoms with E-state index in [-0.39, 0.29) is 19.2 Å². The lowest BCUT2D eigenvalue weighted by atomic mass is 10.2. The minimum Gasteiger partial charge on any atom is -0.454 e. The van der Waals surface area contributed by atoms with Crippen molar-refractivity contribution in [2.75, 3.05) is 12.1 Å². The summed E-state index contributed by atoms with van der Waals surface area (Å²) in [5.74, 6) is 1.28. The predicted molar refractivity (Wildman–Crippen MR) is 87.9 cm³/mol. The number of nitrogens with one attached hydrogen (secondary N) is 1. The highest BCUT2D eigenvalue weighted by Crippen LogP contribution is 2.34. The number of nitrogens with zero attached hydrogens (tertiary/aromatic N) is 1. The number of aryl methyl sites for hydroxylation is 1. The third-order valence-electron chi connectivity index (χ3n) is 3.90. The van der Waals surface area contributed by atoms with Crippen molar-refractivity contribution in [2.45, 2.75) is 13.5 Å². The van der Waals surface area contributed by atoms with Crippen LogP contribution in [0.3, 0.4) is 0 Å². The Morgan fingerprint density at radius 3 is 2.91 bits per heavy atom. The van der Waals surface area contributed by atoms with Crippen LogP contribution in [-0.2, 0) is 11.3 Å². The normalized spacial score (nSPS) is 12.6. The van der Waals surface area contributed by atoms with Gasteiger partial charge in [-0.3, -0.25) is 4.79 Å². The molecule has 0 spiro atoms. The third kappa shape index (κ3) is 2.61. The Balaban J connectivity index is 1.51. The van der Waals surface area contributed by atoms with Gasteiger partial charge in [0.05, 0.1) is 0 Å². The number of rotatable bonds is 3. The van der Waals surface area contributed by atoms with E-state index in [1.807, 2.05) is 29.0 Å². The number of carbonyl (C=O) groups is 1. The number of ether oxygens (including phenoxy) is 2. The Kier molecular flexibility index (Phi) is 3.19. The minimum atomic E-state index is -0.0815. The summed E-state index contributed by atoms with van der Waals surface area (Å²) < 4.78 is 12.5. The molecule has 116 valence electrons. The Morgan fingerprint density at radius 2 is 2.00 bits per heavy atom. The molecule has 0 radical (unpaired) electrons. The summed E-state index contributed by atoms with van der Waals surface area (Å²) in [6, 6.07) is 13.6. The van der Waals surface area contributed by atoms with Crippen molar-refractivity contribution in [3.05, 3.63) is 54.2 Å². The number of anilines is 1. The van der Waals surface area contributed by atoms with Gasteiger partial charge in [0.25, 0.3) is 0 Å². The molecular weight excluding hydrogens is 292 g/mol. The number of benzene rings is 2. The maximum atomic E-state index is 12.3. The molecule has 1 amide bonds. The van der Waals surface area contributed by atoms with Crippen molar-refractivity contribution in [1.29, 1.82) is 0 Å². The number of amides is 1. The van der Waals surface area contributed by atoms with Crippen LogP contribution in [0.2, 0.25) is 0 Å². The maximum Gasteiger partial charge on any atom is 0.244 e. The highest BCUT2D eigenvalue weighted by molar-refractivity contribution is 5.92. The van der Waals surface area contributed by atoms with Crippen LogP contribution in [0.4, 0.5) is 5.69 Å². The Bertz CT molecular complexity index is 898. The molecule has 0 unspecified atom stereocenters. The molecule has 23 heavy (non-hydrogen) atoms. The molecule has 5 heteroatoms. The zero-order valence-corrected chi connectivity index (χ0v) is 12.7. The van der Waals surface area contributed by atoms with E-state index in [9.17, 15) is 4.79 Å². The molecule has 0 fully saturated rings. The zero-order valence-electron chi connectivity index (χ0n) is 12.7. The van der Waals surface area contributed by atoms with E-state index in [1.165, 1.54) is 5.56 Å². The fourth-order valence-corrected chi connectivity index (χ4v) is 2.79. The maximum absolute atomic E-state index is 12.3. The second-order valence-electron chi connectivity index (χ2n) is 5.62. The molecule has 0 saturated heterocycles. The molecule has 1 N–H and O–H groups in total. The van der Waals surface area contributed by atoms with Gasteiger partial charge in [-0.05, 0) is 42.6 Å². The molecule has 0 atom stereocenters. The van der Waals surface area contributed by atoms with Crippen molar-refractivity contribution in [3.8, 4) is 11.5 Å². The zero-order chi connectivity index (χ0) is 15.8. The van der Waals surface area contributed by atoms with Gasteiger partial charge in [-0.15, -0.1) is 0 Å². The van der Waals surface area contributed by atoms with E-state index < -0.39 is 0 Å². The molecule has 2 aromatic carbocycles. The van der Waals surface area contributed by atoms with Crippen LogP contribution >= 0.6 is 0 Å². The molecule has 1 aliphatic rings. The number of aromatic nitrogens is 1. The molecule has 4 rings (SSSR count). The Morgan fingerprint density at radius 1 is 1.13 bits per heavy atom. The summed E-state index contributed by atoms with van der Waals surface area (Å²) in [6.07, 6.45) is 1.93. The molecule has 0 saturated carbocycles. The van der Waals surface area contributed by atoms with E-state index in [4.69, 9.17) is 9.47 Å². The third-order valence-corrected chi connectivity index (χ3v) is 3.90. The lowest BCUT2D eigenvalue weighted by Crippen LogP contribution is -2.18. The highest BCUT2D eigenvalue weighted by atomic mass is 16.7. The van der Waals surface area contributed by atoms with Crippen molar-refractivity contribution in [2.24, 2.45) is 0 Å². The van der Waals surface area contributed by atoms with Crippen molar-refractivity contribution in [1.82, 2.24) is 4.57 Å². The molecule has 1 aliphatic heterocycles. The van der Waals surface area contributed by atoms with E-state index in [0.717, 1.165) is 10.9 Å². The number of carbonyl (C=O) groups excluding carboxylic acids is 1. The van der Waals surface area contributed by atoms with Crippen molar-refractivity contribution < 1.29 is 14.3 Å². The van der Waals surface area contributed by atoms with Gasteiger partial charge in [0.15, 0.2) is 11.5 Å². The van der Waals surface area contributed by atoms with Crippen LogP contribution < -0.4 is 14.8 Å². The van der Waals surface area contributed by atoms with Crippen molar-refractivity contribution in [3.63, 3.8) is 0 Å². The van der Waals surface area contributed by atoms with E-state index >= 15 is 0 Å². The monoisotopic (exact) mass is 308 g/mol. The van der Waals surface area contributed by atoms with E-state index in [1.54, 1.807) is 12.1 Å². The van der Waals surface area contributed by atoms with Gasteiger partial charge in [0.2, 0.25) is 12.7 Å². The molecule has 1 aromatic heterocycles.